The maximum Gasteiger partial charge on any atom is 0.159 e. The van der Waals surface area contributed by atoms with E-state index >= 15 is 0 Å². The summed E-state index contributed by atoms with van der Waals surface area (Å²) in [7, 11) is 0. The SMILES string of the molecule is CC(C)OC1=CC(OC(C)C)C(I)(C=O)C=C1OC(C)C. The van der Waals surface area contributed by atoms with Crippen LogP contribution in [0.1, 0.15) is 41.5 Å². The molecule has 0 saturated heterocycles. The molecule has 0 bridgehead atoms. The van der Waals surface area contributed by atoms with Crippen LogP contribution in [0.25, 0.3) is 0 Å². The number of aldehydes is 1. The molecule has 4 nitrogen and oxygen atoms in total. The Hall–Kier alpha value is -0.560. The van der Waals surface area contributed by atoms with Gasteiger partial charge in [0.2, 0.25) is 0 Å². The highest BCUT2D eigenvalue weighted by Crippen LogP contribution is 2.36. The fourth-order valence-electron chi connectivity index (χ4n) is 1.94. The third kappa shape index (κ3) is 5.29. The van der Waals surface area contributed by atoms with Crippen molar-refractivity contribution in [1.82, 2.24) is 0 Å². The summed E-state index contributed by atoms with van der Waals surface area (Å²) in [5, 5.41) is 0. The lowest BCUT2D eigenvalue weighted by atomic mass is 9.96. The van der Waals surface area contributed by atoms with Crippen molar-refractivity contribution < 1.29 is 19.0 Å². The van der Waals surface area contributed by atoms with E-state index in [1.165, 1.54) is 0 Å². The standard InChI is InChI=1S/C16H25IO4/c1-10(2)19-13-7-15(21-12(5)6)16(17,9-18)8-14(13)20-11(3)4/h7-12,15H,1-6H3. The number of carbonyl (C=O) groups is 1. The molecule has 1 aliphatic rings. The van der Waals surface area contributed by atoms with Gasteiger partial charge in [0.05, 0.1) is 18.3 Å². The minimum atomic E-state index is -0.782. The van der Waals surface area contributed by atoms with Gasteiger partial charge in [0.1, 0.15) is 15.8 Å². The van der Waals surface area contributed by atoms with Gasteiger partial charge in [0.15, 0.2) is 11.5 Å². The maximum atomic E-state index is 11.6. The lowest BCUT2D eigenvalue weighted by Gasteiger charge is -2.34. The second-order valence-electron chi connectivity index (χ2n) is 5.92. The number of hydrogen-bond acceptors (Lipinski definition) is 4. The zero-order valence-corrected chi connectivity index (χ0v) is 15.7. The van der Waals surface area contributed by atoms with Gasteiger partial charge in [0, 0.05) is 0 Å². The Balaban J connectivity index is 3.16. The van der Waals surface area contributed by atoms with Crippen molar-refractivity contribution in [2.24, 2.45) is 0 Å². The Bertz CT molecular complexity index is 426. The molecule has 2 atom stereocenters. The van der Waals surface area contributed by atoms with Gasteiger partial charge < -0.3 is 19.0 Å². The highest BCUT2D eigenvalue weighted by Gasteiger charge is 2.40. The van der Waals surface area contributed by atoms with Gasteiger partial charge in [-0.1, -0.05) is 22.6 Å². The molecule has 0 radical (unpaired) electrons. The molecule has 0 fully saturated rings. The molecule has 0 amide bonds. The van der Waals surface area contributed by atoms with Gasteiger partial charge in [-0.05, 0) is 53.7 Å². The Labute approximate surface area is 141 Å². The van der Waals surface area contributed by atoms with Gasteiger partial charge in [-0.3, -0.25) is 0 Å². The molecule has 0 spiro atoms. The molecule has 0 heterocycles. The highest BCUT2D eigenvalue weighted by molar-refractivity contribution is 14.1. The van der Waals surface area contributed by atoms with E-state index < -0.39 is 3.42 Å². The summed E-state index contributed by atoms with van der Waals surface area (Å²) >= 11 is 2.11. The minimum Gasteiger partial charge on any atom is -0.487 e. The second kappa shape index (κ2) is 7.63. The first kappa shape index (κ1) is 18.5. The molecule has 1 aliphatic carbocycles. The lowest BCUT2D eigenvalue weighted by molar-refractivity contribution is -0.111. The van der Waals surface area contributed by atoms with Crippen LogP contribution in [0, 0.1) is 0 Å². The first-order valence-corrected chi connectivity index (χ1v) is 8.35. The smallest absolute Gasteiger partial charge is 0.159 e. The van der Waals surface area contributed by atoms with Crippen molar-refractivity contribution in [1.29, 1.82) is 0 Å². The first-order chi connectivity index (χ1) is 9.67. The molecule has 21 heavy (non-hydrogen) atoms. The number of hydrogen-bond donors (Lipinski definition) is 0. The van der Waals surface area contributed by atoms with Crippen LogP contribution >= 0.6 is 22.6 Å². The van der Waals surface area contributed by atoms with Crippen LogP contribution in [0.4, 0.5) is 0 Å². The average molecular weight is 408 g/mol. The van der Waals surface area contributed by atoms with Gasteiger partial charge in [-0.25, -0.2) is 0 Å². The van der Waals surface area contributed by atoms with Crippen molar-refractivity contribution in [2.75, 3.05) is 0 Å². The molecule has 0 saturated carbocycles. The van der Waals surface area contributed by atoms with Crippen molar-refractivity contribution in [3.63, 3.8) is 0 Å². The number of rotatable bonds is 7. The zero-order valence-electron chi connectivity index (χ0n) is 13.6. The molecular weight excluding hydrogens is 383 g/mol. The van der Waals surface area contributed by atoms with E-state index in [2.05, 4.69) is 22.6 Å². The van der Waals surface area contributed by atoms with E-state index in [-0.39, 0.29) is 24.4 Å². The van der Waals surface area contributed by atoms with Crippen molar-refractivity contribution >= 4 is 28.9 Å². The number of carbonyl (C=O) groups excluding carboxylic acids is 1. The van der Waals surface area contributed by atoms with Gasteiger partial charge in [0.25, 0.3) is 0 Å². The van der Waals surface area contributed by atoms with Crippen LogP contribution in [0.5, 0.6) is 0 Å². The molecule has 0 aromatic carbocycles. The lowest BCUT2D eigenvalue weighted by Crippen LogP contribution is -2.41. The molecule has 0 N–H and O–H groups in total. The summed E-state index contributed by atoms with van der Waals surface area (Å²) in [5.41, 5.74) is 0. The molecule has 0 aromatic heterocycles. The fraction of sp³-hybridized carbons (Fsp3) is 0.688. The summed E-state index contributed by atoms with van der Waals surface area (Å²) in [6.07, 6.45) is 4.21. The maximum absolute atomic E-state index is 11.6. The summed E-state index contributed by atoms with van der Waals surface area (Å²) in [4.78, 5) is 11.6. The second-order valence-corrected chi connectivity index (χ2v) is 7.79. The van der Waals surface area contributed by atoms with E-state index in [1.807, 2.05) is 47.6 Å². The number of ether oxygens (including phenoxy) is 3. The summed E-state index contributed by atoms with van der Waals surface area (Å²) in [5.74, 6) is 1.24. The van der Waals surface area contributed by atoms with Crippen molar-refractivity contribution in [2.45, 2.75) is 69.4 Å². The van der Waals surface area contributed by atoms with Crippen LogP contribution in [-0.4, -0.2) is 34.1 Å². The van der Waals surface area contributed by atoms with Crippen LogP contribution in [0.2, 0.25) is 0 Å². The topological polar surface area (TPSA) is 44.8 Å². The molecule has 0 aromatic rings. The van der Waals surface area contributed by atoms with E-state index in [9.17, 15) is 4.79 Å². The third-order valence-corrected chi connectivity index (χ3v) is 3.84. The van der Waals surface area contributed by atoms with Gasteiger partial charge >= 0.3 is 0 Å². The molecule has 0 aliphatic heterocycles. The van der Waals surface area contributed by atoms with Crippen LogP contribution in [-0.2, 0) is 19.0 Å². The Morgan fingerprint density at radius 3 is 2.00 bits per heavy atom. The zero-order chi connectivity index (χ0) is 16.2. The average Bonchev–Trinajstić information content (AvgIpc) is 2.33. The predicted molar refractivity (Wildman–Crippen MR) is 91.4 cm³/mol. The van der Waals surface area contributed by atoms with Crippen LogP contribution in [0.15, 0.2) is 23.7 Å². The van der Waals surface area contributed by atoms with E-state index in [0.29, 0.717) is 11.5 Å². The monoisotopic (exact) mass is 408 g/mol. The molecular formula is C16H25IO4. The molecule has 120 valence electrons. The summed E-state index contributed by atoms with van der Waals surface area (Å²) in [6, 6.07) is 0. The molecule has 5 heteroatoms. The van der Waals surface area contributed by atoms with Crippen LogP contribution in [0.3, 0.4) is 0 Å². The first-order valence-electron chi connectivity index (χ1n) is 7.27. The fourth-order valence-corrected chi connectivity index (χ4v) is 2.55. The number of halogens is 1. The predicted octanol–water partition coefficient (Wildman–Crippen LogP) is 3.78. The normalized spacial score (nSPS) is 25.9. The third-order valence-electron chi connectivity index (χ3n) is 2.66. The number of alkyl halides is 1. The quantitative estimate of drug-likeness (QED) is 0.366. The van der Waals surface area contributed by atoms with Gasteiger partial charge in [-0.15, -0.1) is 0 Å². The van der Waals surface area contributed by atoms with E-state index in [4.69, 9.17) is 14.2 Å². The minimum absolute atomic E-state index is 0.00489. The van der Waals surface area contributed by atoms with E-state index in [1.54, 1.807) is 6.08 Å². The molecule has 1 rings (SSSR count). The Morgan fingerprint density at radius 1 is 1.05 bits per heavy atom. The summed E-state index contributed by atoms with van der Waals surface area (Å²) < 4.78 is 16.7. The van der Waals surface area contributed by atoms with Gasteiger partial charge in [-0.2, -0.15) is 0 Å². The summed E-state index contributed by atoms with van der Waals surface area (Å²) in [6.45, 7) is 11.7. The van der Waals surface area contributed by atoms with Crippen LogP contribution < -0.4 is 0 Å². The van der Waals surface area contributed by atoms with Crippen molar-refractivity contribution in [3.05, 3.63) is 23.7 Å². The Morgan fingerprint density at radius 2 is 1.57 bits per heavy atom. The Kier molecular flexibility index (Phi) is 6.71. The highest BCUT2D eigenvalue weighted by atomic mass is 127. The molecule has 2 unspecified atom stereocenters. The van der Waals surface area contributed by atoms with Crippen molar-refractivity contribution in [3.8, 4) is 0 Å². The largest absolute Gasteiger partial charge is 0.487 e. The van der Waals surface area contributed by atoms with E-state index in [0.717, 1.165) is 6.29 Å².